The summed E-state index contributed by atoms with van der Waals surface area (Å²) in [4.78, 5) is 0. The summed E-state index contributed by atoms with van der Waals surface area (Å²) in [5.74, 6) is 1.53. The molecule has 0 saturated carbocycles. The van der Waals surface area contributed by atoms with E-state index in [2.05, 4.69) is 65.7 Å². The highest BCUT2D eigenvalue weighted by Gasteiger charge is 2.17. The SMILES string of the molecule is CCCCCCCCCCCCCc1n(Cc2ccccc2)cc[n+]1CCCCCCCC. The third-order valence-corrected chi connectivity index (χ3v) is 7.04. The van der Waals surface area contributed by atoms with Gasteiger partial charge in [-0.05, 0) is 24.8 Å². The number of unbranched alkanes of at least 4 members (excludes halogenated alkanes) is 15. The molecule has 1 aromatic carbocycles. The van der Waals surface area contributed by atoms with E-state index in [-0.39, 0.29) is 0 Å². The molecule has 1 aromatic heterocycles. The van der Waals surface area contributed by atoms with Crippen LogP contribution in [0.25, 0.3) is 0 Å². The molecule has 0 saturated heterocycles. The second kappa shape index (κ2) is 18.8. The van der Waals surface area contributed by atoms with E-state index < -0.39 is 0 Å². The number of benzene rings is 1. The minimum absolute atomic E-state index is 0.998. The first-order valence-corrected chi connectivity index (χ1v) is 14.5. The first-order chi connectivity index (χ1) is 16.3. The zero-order valence-corrected chi connectivity index (χ0v) is 22.1. The fourth-order valence-corrected chi connectivity index (χ4v) is 4.92. The van der Waals surface area contributed by atoms with Gasteiger partial charge in [-0.15, -0.1) is 0 Å². The molecule has 0 aliphatic carbocycles. The van der Waals surface area contributed by atoms with Crippen LogP contribution < -0.4 is 4.57 Å². The van der Waals surface area contributed by atoms with Crippen LogP contribution >= 0.6 is 0 Å². The second-order valence-electron chi connectivity index (χ2n) is 10.1. The number of rotatable bonds is 21. The Hall–Kier alpha value is -1.57. The highest BCUT2D eigenvalue weighted by Crippen LogP contribution is 2.14. The molecule has 0 aliphatic heterocycles. The Morgan fingerprint density at radius 2 is 1.12 bits per heavy atom. The van der Waals surface area contributed by atoms with Crippen molar-refractivity contribution in [2.45, 2.75) is 143 Å². The lowest BCUT2D eigenvalue weighted by atomic mass is 10.1. The van der Waals surface area contributed by atoms with E-state index in [9.17, 15) is 0 Å². The van der Waals surface area contributed by atoms with E-state index >= 15 is 0 Å². The van der Waals surface area contributed by atoms with Gasteiger partial charge in [-0.3, -0.25) is 0 Å². The Balaban J connectivity index is 1.74. The van der Waals surface area contributed by atoms with E-state index in [0.29, 0.717) is 0 Å². The molecule has 1 heterocycles. The molecule has 186 valence electrons. The lowest BCUT2D eigenvalue weighted by Gasteiger charge is -2.07. The van der Waals surface area contributed by atoms with Crippen molar-refractivity contribution in [2.75, 3.05) is 0 Å². The third kappa shape index (κ3) is 12.5. The van der Waals surface area contributed by atoms with Crippen LogP contribution in [0.1, 0.15) is 134 Å². The average Bonchev–Trinajstić information content (AvgIpc) is 3.21. The van der Waals surface area contributed by atoms with Gasteiger partial charge in [0.2, 0.25) is 0 Å². The van der Waals surface area contributed by atoms with Gasteiger partial charge in [0.25, 0.3) is 5.82 Å². The molecule has 0 fully saturated rings. The number of imidazole rings is 1. The van der Waals surface area contributed by atoms with Gasteiger partial charge in [0.15, 0.2) is 0 Å². The molecular weight excluding hydrogens is 400 g/mol. The molecule has 0 unspecified atom stereocenters. The Labute approximate surface area is 205 Å². The zero-order chi connectivity index (χ0) is 23.4. The van der Waals surface area contributed by atoms with E-state index in [1.807, 2.05) is 0 Å². The molecule has 33 heavy (non-hydrogen) atoms. The minimum atomic E-state index is 0.998. The fourth-order valence-electron chi connectivity index (χ4n) is 4.92. The van der Waals surface area contributed by atoms with Gasteiger partial charge in [0.1, 0.15) is 18.9 Å². The highest BCUT2D eigenvalue weighted by molar-refractivity contribution is 5.15. The van der Waals surface area contributed by atoms with Crippen molar-refractivity contribution in [3.05, 3.63) is 54.1 Å². The monoisotopic (exact) mass is 453 g/mol. The van der Waals surface area contributed by atoms with Crippen molar-refractivity contribution < 1.29 is 4.57 Å². The van der Waals surface area contributed by atoms with Gasteiger partial charge in [-0.2, -0.15) is 0 Å². The van der Waals surface area contributed by atoms with Crippen molar-refractivity contribution in [3.63, 3.8) is 0 Å². The maximum atomic E-state index is 2.55. The molecule has 0 atom stereocenters. The summed E-state index contributed by atoms with van der Waals surface area (Å²) in [5.41, 5.74) is 1.40. The number of nitrogens with zero attached hydrogens (tertiary/aromatic N) is 2. The van der Waals surface area contributed by atoms with Crippen LogP contribution in [0.3, 0.4) is 0 Å². The maximum absolute atomic E-state index is 2.55. The lowest BCUT2D eigenvalue weighted by Crippen LogP contribution is -2.37. The number of hydrogen-bond donors (Lipinski definition) is 0. The van der Waals surface area contributed by atoms with Crippen molar-refractivity contribution in [1.29, 1.82) is 0 Å². The van der Waals surface area contributed by atoms with Gasteiger partial charge in [0.05, 0.1) is 6.54 Å². The second-order valence-corrected chi connectivity index (χ2v) is 10.1. The maximum Gasteiger partial charge on any atom is 0.256 e. The average molecular weight is 454 g/mol. The smallest absolute Gasteiger partial charge is 0.234 e. The zero-order valence-electron chi connectivity index (χ0n) is 22.1. The fraction of sp³-hybridized carbons (Fsp3) is 0.710. The lowest BCUT2D eigenvalue weighted by molar-refractivity contribution is -0.704. The number of hydrogen-bond acceptors (Lipinski definition) is 0. The summed E-state index contributed by atoms with van der Waals surface area (Å²) < 4.78 is 5.06. The Morgan fingerprint density at radius 3 is 1.70 bits per heavy atom. The van der Waals surface area contributed by atoms with Crippen LogP contribution in [0.15, 0.2) is 42.7 Å². The summed E-state index contributed by atoms with van der Waals surface area (Å²) in [6.07, 6.45) is 29.6. The van der Waals surface area contributed by atoms with Gasteiger partial charge >= 0.3 is 0 Å². The van der Waals surface area contributed by atoms with E-state index in [1.165, 1.54) is 134 Å². The standard InChI is InChI=1S/C31H53N2/c1-3-5-7-9-11-12-13-14-15-16-21-25-31-32(26-22-17-10-8-6-4-2)27-28-33(31)29-30-23-19-18-20-24-30/h18-20,23-24,27-28H,3-17,21-22,25-26,29H2,1-2H3/q+1. The van der Waals surface area contributed by atoms with E-state index in [0.717, 1.165) is 6.54 Å². The van der Waals surface area contributed by atoms with E-state index in [4.69, 9.17) is 0 Å². The molecule has 2 nitrogen and oxygen atoms in total. The largest absolute Gasteiger partial charge is 0.256 e. The summed E-state index contributed by atoms with van der Waals surface area (Å²) in [6, 6.07) is 10.9. The molecule has 2 aromatic rings. The van der Waals surface area contributed by atoms with Crippen LogP contribution in [0.4, 0.5) is 0 Å². The predicted octanol–water partition coefficient (Wildman–Crippen LogP) is 9.04. The molecule has 2 rings (SSSR count). The Bertz CT molecular complexity index is 688. The van der Waals surface area contributed by atoms with Crippen LogP contribution in [0.5, 0.6) is 0 Å². The summed E-state index contributed by atoms with van der Waals surface area (Å²) in [6.45, 7) is 6.78. The van der Waals surface area contributed by atoms with E-state index in [1.54, 1.807) is 0 Å². The van der Waals surface area contributed by atoms with Crippen molar-refractivity contribution >= 4 is 0 Å². The van der Waals surface area contributed by atoms with Gasteiger partial charge < -0.3 is 0 Å². The van der Waals surface area contributed by atoms with Gasteiger partial charge in [0, 0.05) is 6.42 Å². The normalized spacial score (nSPS) is 11.3. The first kappa shape index (κ1) is 27.7. The van der Waals surface area contributed by atoms with Crippen LogP contribution in [0.2, 0.25) is 0 Å². The molecule has 0 radical (unpaired) electrons. The molecule has 0 spiro atoms. The summed E-state index contributed by atoms with van der Waals surface area (Å²) in [5, 5.41) is 0. The molecule has 0 N–H and O–H groups in total. The quantitative estimate of drug-likeness (QED) is 0.132. The van der Waals surface area contributed by atoms with Crippen LogP contribution in [-0.4, -0.2) is 4.57 Å². The van der Waals surface area contributed by atoms with Crippen molar-refractivity contribution in [3.8, 4) is 0 Å². The molecule has 0 bridgehead atoms. The van der Waals surface area contributed by atoms with Crippen LogP contribution in [-0.2, 0) is 19.5 Å². The topological polar surface area (TPSA) is 8.81 Å². The molecule has 0 amide bonds. The number of aromatic nitrogens is 2. The van der Waals surface area contributed by atoms with Gasteiger partial charge in [-0.25, -0.2) is 9.13 Å². The molecular formula is C31H53N2+. The Kier molecular flexibility index (Phi) is 15.8. The first-order valence-electron chi connectivity index (χ1n) is 14.5. The van der Waals surface area contributed by atoms with Crippen LogP contribution in [0, 0.1) is 0 Å². The summed E-state index contributed by atoms with van der Waals surface area (Å²) in [7, 11) is 0. The minimum Gasteiger partial charge on any atom is -0.234 e. The van der Waals surface area contributed by atoms with Gasteiger partial charge in [-0.1, -0.05) is 134 Å². The molecule has 0 aliphatic rings. The predicted molar refractivity (Wildman–Crippen MR) is 144 cm³/mol. The summed E-state index contributed by atoms with van der Waals surface area (Å²) >= 11 is 0. The third-order valence-electron chi connectivity index (χ3n) is 7.04. The van der Waals surface area contributed by atoms with Crippen molar-refractivity contribution in [2.24, 2.45) is 0 Å². The highest BCUT2D eigenvalue weighted by atomic mass is 15.1. The molecule has 2 heteroatoms. The Morgan fingerprint density at radius 1 is 0.606 bits per heavy atom. The van der Waals surface area contributed by atoms with Crippen molar-refractivity contribution in [1.82, 2.24) is 4.57 Å². The number of aryl methyl sites for hydroxylation is 1.